The van der Waals surface area contributed by atoms with Gasteiger partial charge in [0.05, 0.1) is 11.7 Å². The second-order valence-corrected chi connectivity index (χ2v) is 6.97. The summed E-state index contributed by atoms with van der Waals surface area (Å²) in [5.74, 6) is 0. The van der Waals surface area contributed by atoms with Gasteiger partial charge in [0.15, 0.2) is 0 Å². The van der Waals surface area contributed by atoms with Gasteiger partial charge in [0, 0.05) is 31.4 Å². The number of likely N-dealkylation sites (tertiary alicyclic amines) is 1. The Balaban J connectivity index is 0.00000131. The monoisotopic (exact) mass is 403 g/mol. The topological polar surface area (TPSA) is 21.1 Å². The average Bonchev–Trinajstić information content (AvgIpc) is 3.06. The van der Waals surface area contributed by atoms with E-state index in [0.29, 0.717) is 6.04 Å². The molecule has 0 spiro atoms. The van der Waals surface area contributed by atoms with Crippen LogP contribution in [0.1, 0.15) is 30.1 Å². The summed E-state index contributed by atoms with van der Waals surface area (Å²) < 4.78 is 2.21. The van der Waals surface area contributed by atoms with Crippen LogP contribution in [0.4, 0.5) is 0 Å². The highest BCUT2D eigenvalue weighted by atomic mass is 35.5. The Morgan fingerprint density at radius 2 is 1.48 bits per heavy atom. The van der Waals surface area contributed by atoms with Crippen molar-refractivity contribution in [1.29, 1.82) is 0 Å². The van der Waals surface area contributed by atoms with Crippen LogP contribution in [0, 0.1) is 6.92 Å². The molecular formula is C22H27Cl2N3. The highest BCUT2D eigenvalue weighted by Gasteiger charge is 2.22. The summed E-state index contributed by atoms with van der Waals surface area (Å²) >= 11 is 0. The summed E-state index contributed by atoms with van der Waals surface area (Å²) in [5.41, 5.74) is 5.04. The van der Waals surface area contributed by atoms with E-state index in [1.54, 1.807) is 0 Å². The van der Waals surface area contributed by atoms with Gasteiger partial charge < -0.3 is 0 Å². The molecule has 1 fully saturated rings. The van der Waals surface area contributed by atoms with Crippen LogP contribution in [-0.2, 0) is 6.54 Å². The first-order valence-corrected chi connectivity index (χ1v) is 9.17. The minimum absolute atomic E-state index is 0. The number of rotatable bonds is 4. The lowest BCUT2D eigenvalue weighted by Crippen LogP contribution is -2.34. The molecule has 5 heteroatoms. The van der Waals surface area contributed by atoms with E-state index in [-0.39, 0.29) is 24.8 Å². The van der Waals surface area contributed by atoms with Gasteiger partial charge in [-0.1, -0.05) is 60.7 Å². The number of hydrogen-bond acceptors (Lipinski definition) is 2. The molecule has 1 aromatic heterocycles. The van der Waals surface area contributed by atoms with E-state index in [9.17, 15) is 0 Å². The van der Waals surface area contributed by atoms with Crippen LogP contribution in [0.3, 0.4) is 0 Å². The molecular weight excluding hydrogens is 377 g/mol. The Kier molecular flexibility index (Phi) is 7.91. The summed E-state index contributed by atoms with van der Waals surface area (Å²) in [6.07, 6.45) is 4.58. The third-order valence-corrected chi connectivity index (χ3v) is 5.18. The van der Waals surface area contributed by atoms with Crippen molar-refractivity contribution in [1.82, 2.24) is 14.7 Å². The third kappa shape index (κ3) is 5.13. The lowest BCUT2D eigenvalue weighted by molar-refractivity contribution is 0.173. The third-order valence-electron chi connectivity index (χ3n) is 5.18. The first kappa shape index (κ1) is 21.5. The molecule has 144 valence electrons. The van der Waals surface area contributed by atoms with Crippen molar-refractivity contribution in [2.75, 3.05) is 13.1 Å². The van der Waals surface area contributed by atoms with Gasteiger partial charge >= 0.3 is 0 Å². The van der Waals surface area contributed by atoms with Gasteiger partial charge in [0.2, 0.25) is 0 Å². The fourth-order valence-electron chi connectivity index (χ4n) is 3.75. The normalized spacial score (nSPS) is 15.0. The van der Waals surface area contributed by atoms with Crippen LogP contribution in [-0.4, -0.2) is 27.8 Å². The van der Waals surface area contributed by atoms with Crippen molar-refractivity contribution < 1.29 is 0 Å². The van der Waals surface area contributed by atoms with Gasteiger partial charge in [0.1, 0.15) is 0 Å². The van der Waals surface area contributed by atoms with Crippen LogP contribution in [0.2, 0.25) is 0 Å². The van der Waals surface area contributed by atoms with Crippen LogP contribution in [0.5, 0.6) is 0 Å². The number of halogens is 2. The quantitative estimate of drug-likeness (QED) is 0.569. The lowest BCUT2D eigenvalue weighted by Gasteiger charge is -2.32. The van der Waals surface area contributed by atoms with E-state index in [4.69, 9.17) is 5.10 Å². The molecule has 0 N–H and O–H groups in total. The molecule has 0 atom stereocenters. The van der Waals surface area contributed by atoms with Crippen LogP contribution >= 0.6 is 24.8 Å². The van der Waals surface area contributed by atoms with E-state index in [1.165, 1.54) is 29.5 Å². The summed E-state index contributed by atoms with van der Waals surface area (Å²) in [5, 5.41) is 4.82. The Bertz CT molecular complexity index is 810. The van der Waals surface area contributed by atoms with E-state index in [2.05, 4.69) is 83.4 Å². The Morgan fingerprint density at radius 3 is 2.11 bits per heavy atom. The summed E-state index contributed by atoms with van der Waals surface area (Å²) in [4.78, 5) is 2.56. The molecule has 1 aliphatic heterocycles. The molecule has 3 nitrogen and oxygen atoms in total. The Hall–Kier alpha value is -1.81. The average molecular weight is 404 g/mol. The molecule has 0 radical (unpaired) electrons. The van der Waals surface area contributed by atoms with Gasteiger partial charge in [-0.2, -0.15) is 5.10 Å². The maximum absolute atomic E-state index is 4.82. The van der Waals surface area contributed by atoms with Gasteiger partial charge in [-0.25, -0.2) is 0 Å². The maximum atomic E-state index is 4.82. The summed E-state index contributed by atoms with van der Waals surface area (Å²) in [6, 6.07) is 21.9. The number of aryl methyl sites for hydroxylation is 1. The predicted molar refractivity (Wildman–Crippen MR) is 117 cm³/mol. The maximum Gasteiger partial charge on any atom is 0.0672 e. The first-order valence-electron chi connectivity index (χ1n) is 9.17. The molecule has 4 rings (SSSR count). The van der Waals surface area contributed by atoms with Gasteiger partial charge in [-0.05, 0) is 30.9 Å². The van der Waals surface area contributed by atoms with E-state index < -0.39 is 0 Å². The molecule has 27 heavy (non-hydrogen) atoms. The van der Waals surface area contributed by atoms with Crippen molar-refractivity contribution in [3.05, 3.63) is 78.1 Å². The number of nitrogens with zero attached hydrogens (tertiary/aromatic N) is 3. The lowest BCUT2D eigenvalue weighted by atomic mass is 10.0. The summed E-state index contributed by atoms with van der Waals surface area (Å²) in [6.45, 7) is 5.45. The second-order valence-electron chi connectivity index (χ2n) is 6.97. The van der Waals surface area contributed by atoms with E-state index in [0.717, 1.165) is 25.3 Å². The fraction of sp³-hybridized carbons (Fsp3) is 0.318. The molecule has 0 bridgehead atoms. The van der Waals surface area contributed by atoms with Crippen LogP contribution < -0.4 is 0 Å². The molecule has 1 saturated heterocycles. The first-order chi connectivity index (χ1) is 12.3. The second kappa shape index (κ2) is 9.93. The van der Waals surface area contributed by atoms with Crippen LogP contribution in [0.25, 0.3) is 11.1 Å². The van der Waals surface area contributed by atoms with Crippen molar-refractivity contribution in [2.45, 2.75) is 32.4 Å². The fourth-order valence-corrected chi connectivity index (χ4v) is 3.75. The predicted octanol–water partition coefficient (Wildman–Crippen LogP) is 5.54. The van der Waals surface area contributed by atoms with Crippen molar-refractivity contribution >= 4 is 24.8 Å². The minimum atomic E-state index is 0. The highest BCUT2D eigenvalue weighted by molar-refractivity contribution is 5.85. The number of aromatic nitrogens is 2. The molecule has 0 aliphatic carbocycles. The molecule has 1 aliphatic rings. The number of benzene rings is 2. The number of piperidine rings is 1. The van der Waals surface area contributed by atoms with Crippen molar-refractivity contribution in [2.24, 2.45) is 0 Å². The van der Waals surface area contributed by atoms with Gasteiger partial charge in [-0.3, -0.25) is 9.58 Å². The van der Waals surface area contributed by atoms with Gasteiger partial charge in [0.25, 0.3) is 0 Å². The largest absolute Gasteiger partial charge is 0.299 e. The van der Waals surface area contributed by atoms with E-state index in [1.807, 2.05) is 0 Å². The molecule has 0 saturated carbocycles. The van der Waals surface area contributed by atoms with Crippen molar-refractivity contribution in [3.63, 3.8) is 0 Å². The zero-order chi connectivity index (χ0) is 17.1. The smallest absolute Gasteiger partial charge is 0.0672 e. The van der Waals surface area contributed by atoms with Crippen LogP contribution in [0.15, 0.2) is 66.9 Å². The van der Waals surface area contributed by atoms with Crippen molar-refractivity contribution in [3.8, 4) is 11.1 Å². The molecule has 0 amide bonds. The zero-order valence-corrected chi connectivity index (χ0v) is 17.3. The Morgan fingerprint density at radius 1 is 0.889 bits per heavy atom. The molecule has 2 aromatic carbocycles. The molecule has 0 unspecified atom stereocenters. The standard InChI is InChI=1S/C22H25N3.2ClH/c1-18-22(20-10-6-3-7-11-20)17-25(23-18)21-12-14-24(15-13-21)16-19-8-4-2-5-9-19;;/h2-11,17,21H,12-16H2,1H3;2*1H. The number of hydrogen-bond donors (Lipinski definition) is 0. The highest BCUT2D eigenvalue weighted by Crippen LogP contribution is 2.28. The molecule has 2 heterocycles. The summed E-state index contributed by atoms with van der Waals surface area (Å²) in [7, 11) is 0. The van der Waals surface area contributed by atoms with E-state index >= 15 is 0 Å². The zero-order valence-electron chi connectivity index (χ0n) is 15.6. The SMILES string of the molecule is Cc1nn(C2CCN(Cc3ccccc3)CC2)cc1-c1ccccc1.Cl.Cl. The minimum Gasteiger partial charge on any atom is -0.299 e. The van der Waals surface area contributed by atoms with Gasteiger partial charge in [-0.15, -0.1) is 24.8 Å². The molecule has 3 aromatic rings. The Labute approximate surface area is 174 Å².